The van der Waals surface area contributed by atoms with Gasteiger partial charge in [0, 0.05) is 12.1 Å². The molecule has 0 aromatic heterocycles. The molecule has 2 aromatic carbocycles. The number of rotatable bonds is 6. The normalized spacial score (nSPS) is 10.6. The highest BCUT2D eigenvalue weighted by atomic mass is 19.1. The maximum atomic E-state index is 13.5. The molecule has 2 nitrogen and oxygen atoms in total. The molecule has 0 radical (unpaired) electrons. The van der Waals surface area contributed by atoms with Gasteiger partial charge >= 0.3 is 0 Å². The average Bonchev–Trinajstić information content (AvgIpc) is 2.48. The molecule has 0 atom stereocenters. The van der Waals surface area contributed by atoms with E-state index in [9.17, 15) is 4.39 Å². The summed E-state index contributed by atoms with van der Waals surface area (Å²) in [7, 11) is 1.65. The van der Waals surface area contributed by atoms with Gasteiger partial charge in [0.15, 0.2) is 0 Å². The summed E-state index contributed by atoms with van der Waals surface area (Å²) in [5, 5.41) is 3.32. The lowest BCUT2D eigenvalue weighted by Gasteiger charge is -2.14. The minimum absolute atomic E-state index is 0.211. The van der Waals surface area contributed by atoms with E-state index in [-0.39, 0.29) is 5.82 Å². The highest BCUT2D eigenvalue weighted by Gasteiger charge is 2.10. The number of hydrogen-bond donors (Lipinski definition) is 1. The van der Waals surface area contributed by atoms with E-state index in [0.29, 0.717) is 6.54 Å². The molecule has 0 aliphatic rings. The Balaban J connectivity index is 2.39. The van der Waals surface area contributed by atoms with Crippen LogP contribution in [0.25, 0.3) is 11.1 Å². The fraction of sp³-hybridized carbons (Fsp3) is 0.294. The van der Waals surface area contributed by atoms with Crippen LogP contribution in [0.15, 0.2) is 42.5 Å². The zero-order valence-electron chi connectivity index (χ0n) is 11.9. The first kappa shape index (κ1) is 14.5. The van der Waals surface area contributed by atoms with Gasteiger partial charge in [-0.2, -0.15) is 0 Å². The van der Waals surface area contributed by atoms with Crippen LogP contribution in [0.3, 0.4) is 0 Å². The molecule has 0 aliphatic heterocycles. The molecular weight excluding hydrogens is 253 g/mol. The molecule has 0 fully saturated rings. The number of halogens is 1. The first-order chi connectivity index (χ1) is 9.76. The van der Waals surface area contributed by atoms with Gasteiger partial charge in [-0.25, -0.2) is 4.39 Å². The number of para-hydroxylation sites is 1. The van der Waals surface area contributed by atoms with Crippen molar-refractivity contribution in [3.05, 3.63) is 53.8 Å². The summed E-state index contributed by atoms with van der Waals surface area (Å²) in [4.78, 5) is 0. The average molecular weight is 273 g/mol. The van der Waals surface area contributed by atoms with Crippen LogP contribution >= 0.6 is 0 Å². The SMILES string of the molecule is CCCNCc1cc(F)ccc1-c1ccccc1OC. The first-order valence-electron chi connectivity index (χ1n) is 6.88. The van der Waals surface area contributed by atoms with E-state index in [0.717, 1.165) is 35.4 Å². The van der Waals surface area contributed by atoms with Crippen molar-refractivity contribution in [1.29, 1.82) is 0 Å². The van der Waals surface area contributed by atoms with Crippen molar-refractivity contribution >= 4 is 0 Å². The Bertz CT molecular complexity index is 569. The summed E-state index contributed by atoms with van der Waals surface area (Å²) in [5.41, 5.74) is 2.94. The van der Waals surface area contributed by atoms with Crippen LogP contribution in [0.5, 0.6) is 5.75 Å². The highest BCUT2D eigenvalue weighted by Crippen LogP contribution is 2.32. The van der Waals surface area contributed by atoms with Crippen molar-refractivity contribution in [3.63, 3.8) is 0 Å². The minimum Gasteiger partial charge on any atom is -0.496 e. The Morgan fingerprint density at radius 2 is 1.90 bits per heavy atom. The number of hydrogen-bond acceptors (Lipinski definition) is 2. The molecule has 2 aromatic rings. The van der Waals surface area contributed by atoms with Crippen molar-refractivity contribution in [3.8, 4) is 16.9 Å². The van der Waals surface area contributed by atoms with E-state index in [2.05, 4.69) is 12.2 Å². The molecular formula is C17H20FNO. The van der Waals surface area contributed by atoms with Crippen LogP contribution in [-0.2, 0) is 6.54 Å². The molecule has 106 valence electrons. The zero-order chi connectivity index (χ0) is 14.4. The third kappa shape index (κ3) is 3.36. The molecule has 20 heavy (non-hydrogen) atoms. The summed E-state index contributed by atoms with van der Waals surface area (Å²) >= 11 is 0. The largest absolute Gasteiger partial charge is 0.496 e. The first-order valence-corrected chi connectivity index (χ1v) is 6.88. The number of methoxy groups -OCH3 is 1. The second-order valence-electron chi connectivity index (χ2n) is 4.68. The van der Waals surface area contributed by atoms with Crippen LogP contribution in [0.4, 0.5) is 4.39 Å². The molecule has 3 heteroatoms. The second kappa shape index (κ2) is 7.06. The van der Waals surface area contributed by atoms with Crippen LogP contribution in [0.1, 0.15) is 18.9 Å². The number of nitrogens with one attached hydrogen (secondary N) is 1. The van der Waals surface area contributed by atoms with Gasteiger partial charge in [0.05, 0.1) is 7.11 Å². The predicted molar refractivity (Wildman–Crippen MR) is 80.4 cm³/mol. The molecule has 0 saturated carbocycles. The van der Waals surface area contributed by atoms with Gasteiger partial charge in [0.25, 0.3) is 0 Å². The Hall–Kier alpha value is -1.87. The Kier molecular flexibility index (Phi) is 5.13. The lowest BCUT2D eigenvalue weighted by molar-refractivity contribution is 0.416. The summed E-state index contributed by atoms with van der Waals surface area (Å²) in [6.07, 6.45) is 1.05. The fourth-order valence-corrected chi connectivity index (χ4v) is 2.24. The van der Waals surface area contributed by atoms with E-state index in [1.807, 2.05) is 30.3 Å². The van der Waals surface area contributed by atoms with Crippen LogP contribution in [0, 0.1) is 5.82 Å². The third-order valence-electron chi connectivity index (χ3n) is 3.21. The van der Waals surface area contributed by atoms with Gasteiger partial charge < -0.3 is 10.1 Å². The van der Waals surface area contributed by atoms with Crippen molar-refractivity contribution < 1.29 is 9.13 Å². The quantitative estimate of drug-likeness (QED) is 0.803. The Labute approximate surface area is 119 Å². The fourth-order valence-electron chi connectivity index (χ4n) is 2.24. The summed E-state index contributed by atoms with van der Waals surface area (Å²) in [6, 6.07) is 12.7. The van der Waals surface area contributed by atoms with E-state index in [1.54, 1.807) is 13.2 Å². The van der Waals surface area contributed by atoms with Gasteiger partial charge in [-0.3, -0.25) is 0 Å². The van der Waals surface area contributed by atoms with Crippen molar-refractivity contribution in [2.75, 3.05) is 13.7 Å². The van der Waals surface area contributed by atoms with E-state index < -0.39 is 0 Å². The Morgan fingerprint density at radius 3 is 2.65 bits per heavy atom. The smallest absolute Gasteiger partial charge is 0.126 e. The second-order valence-corrected chi connectivity index (χ2v) is 4.68. The topological polar surface area (TPSA) is 21.3 Å². The maximum Gasteiger partial charge on any atom is 0.126 e. The van der Waals surface area contributed by atoms with Gasteiger partial charge in [-0.05, 0) is 42.3 Å². The van der Waals surface area contributed by atoms with E-state index >= 15 is 0 Å². The van der Waals surface area contributed by atoms with Gasteiger partial charge in [-0.1, -0.05) is 31.2 Å². The molecule has 0 heterocycles. The van der Waals surface area contributed by atoms with Crippen LogP contribution in [0.2, 0.25) is 0 Å². The minimum atomic E-state index is -0.211. The molecule has 0 amide bonds. The van der Waals surface area contributed by atoms with E-state index in [1.165, 1.54) is 6.07 Å². The van der Waals surface area contributed by atoms with Crippen molar-refractivity contribution in [2.24, 2.45) is 0 Å². The lowest BCUT2D eigenvalue weighted by Crippen LogP contribution is -2.14. The van der Waals surface area contributed by atoms with Gasteiger partial charge in [0.1, 0.15) is 11.6 Å². The van der Waals surface area contributed by atoms with Crippen LogP contribution in [-0.4, -0.2) is 13.7 Å². The maximum absolute atomic E-state index is 13.5. The molecule has 0 aliphatic carbocycles. The summed E-state index contributed by atoms with van der Waals surface area (Å²) in [6.45, 7) is 3.68. The number of ether oxygens (including phenoxy) is 1. The van der Waals surface area contributed by atoms with Crippen molar-refractivity contribution in [2.45, 2.75) is 19.9 Å². The van der Waals surface area contributed by atoms with Gasteiger partial charge in [-0.15, -0.1) is 0 Å². The molecule has 0 spiro atoms. The lowest BCUT2D eigenvalue weighted by atomic mass is 9.98. The molecule has 1 N–H and O–H groups in total. The Morgan fingerprint density at radius 1 is 1.10 bits per heavy atom. The summed E-state index contributed by atoms with van der Waals surface area (Å²) in [5.74, 6) is 0.591. The monoisotopic (exact) mass is 273 g/mol. The zero-order valence-corrected chi connectivity index (χ0v) is 11.9. The predicted octanol–water partition coefficient (Wildman–Crippen LogP) is 4.00. The van der Waals surface area contributed by atoms with Gasteiger partial charge in [0.2, 0.25) is 0 Å². The standard InChI is InChI=1S/C17H20FNO/c1-3-10-19-12-13-11-14(18)8-9-15(13)16-6-4-5-7-17(16)20-2/h4-9,11,19H,3,10,12H2,1-2H3. The highest BCUT2D eigenvalue weighted by molar-refractivity contribution is 5.73. The third-order valence-corrected chi connectivity index (χ3v) is 3.21. The molecule has 0 bridgehead atoms. The van der Waals surface area contributed by atoms with E-state index in [4.69, 9.17) is 4.74 Å². The van der Waals surface area contributed by atoms with Crippen molar-refractivity contribution in [1.82, 2.24) is 5.32 Å². The number of benzene rings is 2. The molecule has 2 rings (SSSR count). The van der Waals surface area contributed by atoms with Crippen LogP contribution < -0.4 is 10.1 Å². The molecule has 0 saturated heterocycles. The summed E-state index contributed by atoms with van der Waals surface area (Å²) < 4.78 is 18.9. The molecule has 0 unspecified atom stereocenters.